The van der Waals surface area contributed by atoms with Crippen LogP contribution in [0, 0.1) is 0 Å². The Bertz CT molecular complexity index is 478. The molecule has 0 aliphatic rings. The molecule has 4 nitrogen and oxygen atoms in total. The summed E-state index contributed by atoms with van der Waals surface area (Å²) >= 11 is 0. The zero-order valence-corrected chi connectivity index (χ0v) is 11.7. The van der Waals surface area contributed by atoms with E-state index in [4.69, 9.17) is 0 Å². The van der Waals surface area contributed by atoms with Crippen molar-refractivity contribution >= 4 is 0 Å². The van der Waals surface area contributed by atoms with E-state index < -0.39 is 0 Å². The Morgan fingerprint density at radius 2 is 2.00 bits per heavy atom. The number of aryl methyl sites for hydroxylation is 1. The molecule has 0 aliphatic carbocycles. The van der Waals surface area contributed by atoms with Crippen LogP contribution in [0.5, 0.6) is 0 Å². The van der Waals surface area contributed by atoms with Crippen molar-refractivity contribution in [2.75, 3.05) is 6.54 Å². The van der Waals surface area contributed by atoms with Crippen LogP contribution in [0.1, 0.15) is 37.7 Å². The first-order valence-electron chi connectivity index (χ1n) is 6.98. The first kappa shape index (κ1) is 13.7. The molecule has 0 saturated carbocycles. The molecule has 2 rings (SSSR count). The van der Waals surface area contributed by atoms with Crippen molar-refractivity contribution in [1.82, 2.24) is 19.9 Å². The van der Waals surface area contributed by atoms with Crippen LogP contribution in [-0.4, -0.2) is 21.1 Å². The van der Waals surface area contributed by atoms with Gasteiger partial charge in [-0.3, -0.25) is 4.98 Å². The Morgan fingerprint density at radius 3 is 2.68 bits per heavy atom. The van der Waals surface area contributed by atoms with Gasteiger partial charge in [0, 0.05) is 43.8 Å². The number of pyridine rings is 1. The van der Waals surface area contributed by atoms with E-state index >= 15 is 0 Å². The number of nitrogens with zero attached hydrogens (tertiary/aromatic N) is 3. The molecule has 0 amide bonds. The van der Waals surface area contributed by atoms with Crippen LogP contribution < -0.4 is 5.32 Å². The minimum atomic E-state index is 0.302. The van der Waals surface area contributed by atoms with Gasteiger partial charge in [-0.25, -0.2) is 4.98 Å². The molecule has 0 bridgehead atoms. The van der Waals surface area contributed by atoms with E-state index in [9.17, 15) is 0 Å². The maximum Gasteiger partial charge on any atom is 0.110 e. The normalized spacial score (nSPS) is 12.5. The highest BCUT2D eigenvalue weighted by molar-refractivity contribution is 5.17. The zero-order valence-electron chi connectivity index (χ0n) is 11.7. The average Bonchev–Trinajstić information content (AvgIpc) is 2.91. The lowest BCUT2D eigenvalue weighted by Gasteiger charge is -2.19. The maximum atomic E-state index is 4.47. The lowest BCUT2D eigenvalue weighted by molar-refractivity contribution is 0.506. The van der Waals surface area contributed by atoms with Gasteiger partial charge in [-0.2, -0.15) is 0 Å². The topological polar surface area (TPSA) is 42.7 Å². The van der Waals surface area contributed by atoms with Gasteiger partial charge in [-0.1, -0.05) is 6.92 Å². The first-order chi connectivity index (χ1) is 9.35. The second-order valence-corrected chi connectivity index (χ2v) is 4.62. The SMILES string of the molecule is CCCNC(Cc1nccn1CC)c1ccncc1. The number of imidazole rings is 1. The van der Waals surface area contributed by atoms with Crippen LogP contribution in [0.2, 0.25) is 0 Å². The first-order valence-corrected chi connectivity index (χ1v) is 6.98. The molecule has 1 atom stereocenters. The van der Waals surface area contributed by atoms with Crippen LogP contribution in [0.25, 0.3) is 0 Å². The summed E-state index contributed by atoms with van der Waals surface area (Å²) in [5, 5.41) is 3.59. The summed E-state index contributed by atoms with van der Waals surface area (Å²) in [5.41, 5.74) is 1.27. The van der Waals surface area contributed by atoms with Gasteiger partial charge in [0.05, 0.1) is 0 Å². The third-order valence-electron chi connectivity index (χ3n) is 3.28. The second-order valence-electron chi connectivity index (χ2n) is 4.62. The Hall–Kier alpha value is -1.68. The fraction of sp³-hybridized carbons (Fsp3) is 0.467. The molecule has 0 spiro atoms. The number of aromatic nitrogens is 3. The summed E-state index contributed by atoms with van der Waals surface area (Å²) in [7, 11) is 0. The van der Waals surface area contributed by atoms with E-state index in [1.807, 2.05) is 24.8 Å². The molecular formula is C15H22N4. The Labute approximate surface area is 114 Å². The molecule has 0 aromatic carbocycles. The number of hydrogen-bond donors (Lipinski definition) is 1. The van der Waals surface area contributed by atoms with E-state index in [2.05, 4.69) is 45.8 Å². The molecule has 102 valence electrons. The lowest BCUT2D eigenvalue weighted by atomic mass is 10.0. The van der Waals surface area contributed by atoms with E-state index in [0.29, 0.717) is 6.04 Å². The van der Waals surface area contributed by atoms with Crippen molar-refractivity contribution in [3.8, 4) is 0 Å². The molecular weight excluding hydrogens is 236 g/mol. The van der Waals surface area contributed by atoms with E-state index in [1.54, 1.807) is 0 Å². The fourth-order valence-corrected chi connectivity index (χ4v) is 2.22. The van der Waals surface area contributed by atoms with Crippen molar-refractivity contribution in [3.05, 3.63) is 48.3 Å². The molecule has 4 heteroatoms. The molecule has 19 heavy (non-hydrogen) atoms. The van der Waals surface area contributed by atoms with Crippen molar-refractivity contribution in [3.63, 3.8) is 0 Å². The minimum Gasteiger partial charge on any atom is -0.335 e. The van der Waals surface area contributed by atoms with Gasteiger partial charge in [0.25, 0.3) is 0 Å². The highest BCUT2D eigenvalue weighted by Gasteiger charge is 2.14. The third-order valence-corrected chi connectivity index (χ3v) is 3.28. The molecule has 0 fully saturated rings. The van der Waals surface area contributed by atoms with Gasteiger partial charge >= 0.3 is 0 Å². The summed E-state index contributed by atoms with van der Waals surface area (Å²) in [6.07, 6.45) is 9.65. The molecule has 0 aliphatic heterocycles. The predicted octanol–water partition coefficient (Wildman–Crippen LogP) is 2.58. The van der Waals surface area contributed by atoms with Gasteiger partial charge in [0.2, 0.25) is 0 Å². The number of rotatable bonds is 7. The maximum absolute atomic E-state index is 4.47. The van der Waals surface area contributed by atoms with Gasteiger partial charge in [0.15, 0.2) is 0 Å². The zero-order chi connectivity index (χ0) is 13.5. The average molecular weight is 258 g/mol. The van der Waals surface area contributed by atoms with Gasteiger partial charge in [0.1, 0.15) is 5.82 Å². The molecule has 2 aromatic rings. The van der Waals surface area contributed by atoms with Crippen molar-refractivity contribution in [2.24, 2.45) is 0 Å². The summed E-state index contributed by atoms with van der Waals surface area (Å²) in [5.74, 6) is 1.13. The number of hydrogen-bond acceptors (Lipinski definition) is 3. The molecule has 0 radical (unpaired) electrons. The molecule has 0 saturated heterocycles. The molecule has 2 heterocycles. The Balaban J connectivity index is 2.14. The monoisotopic (exact) mass is 258 g/mol. The lowest BCUT2D eigenvalue weighted by Crippen LogP contribution is -2.25. The van der Waals surface area contributed by atoms with Crippen molar-refractivity contribution in [2.45, 2.75) is 39.3 Å². The van der Waals surface area contributed by atoms with Gasteiger partial charge in [-0.15, -0.1) is 0 Å². The molecule has 1 N–H and O–H groups in total. The van der Waals surface area contributed by atoms with Crippen LogP contribution in [-0.2, 0) is 13.0 Å². The summed E-state index contributed by atoms with van der Waals surface area (Å²) in [4.78, 5) is 8.56. The van der Waals surface area contributed by atoms with E-state index in [0.717, 1.165) is 31.8 Å². The fourth-order valence-electron chi connectivity index (χ4n) is 2.22. The van der Waals surface area contributed by atoms with Crippen LogP contribution in [0.15, 0.2) is 36.9 Å². The van der Waals surface area contributed by atoms with Gasteiger partial charge in [-0.05, 0) is 37.6 Å². The molecule has 2 aromatic heterocycles. The summed E-state index contributed by atoms with van der Waals surface area (Å²) in [6, 6.07) is 4.45. The minimum absolute atomic E-state index is 0.302. The highest BCUT2D eigenvalue weighted by Crippen LogP contribution is 2.17. The smallest absolute Gasteiger partial charge is 0.110 e. The van der Waals surface area contributed by atoms with E-state index in [1.165, 1.54) is 5.56 Å². The van der Waals surface area contributed by atoms with Crippen LogP contribution in [0.3, 0.4) is 0 Å². The van der Waals surface area contributed by atoms with Crippen LogP contribution in [0.4, 0.5) is 0 Å². The summed E-state index contributed by atoms with van der Waals surface area (Å²) < 4.78 is 2.20. The standard InChI is InChI=1S/C15H22N4/c1-3-7-17-14(13-5-8-16-9-6-13)12-15-18-10-11-19(15)4-2/h5-6,8-11,14,17H,3-4,7,12H2,1-2H3. The third kappa shape index (κ3) is 3.64. The Morgan fingerprint density at radius 1 is 1.21 bits per heavy atom. The van der Waals surface area contributed by atoms with E-state index in [-0.39, 0.29) is 0 Å². The quantitative estimate of drug-likeness (QED) is 0.830. The predicted molar refractivity (Wildman–Crippen MR) is 76.9 cm³/mol. The van der Waals surface area contributed by atoms with Crippen molar-refractivity contribution in [1.29, 1.82) is 0 Å². The Kier molecular flexibility index (Phi) is 5.10. The number of nitrogens with one attached hydrogen (secondary N) is 1. The second kappa shape index (κ2) is 7.04. The van der Waals surface area contributed by atoms with Gasteiger partial charge < -0.3 is 9.88 Å². The van der Waals surface area contributed by atoms with Crippen LogP contribution >= 0.6 is 0 Å². The summed E-state index contributed by atoms with van der Waals surface area (Å²) in [6.45, 7) is 6.31. The molecule has 1 unspecified atom stereocenters. The largest absolute Gasteiger partial charge is 0.335 e. The van der Waals surface area contributed by atoms with Crippen molar-refractivity contribution < 1.29 is 0 Å². The highest BCUT2D eigenvalue weighted by atomic mass is 15.1.